The molecule has 4 aromatic heterocycles. The molecular formula is C52H74N4O2S4. The van der Waals surface area contributed by atoms with Gasteiger partial charge in [0.15, 0.2) is 0 Å². The molecule has 2 aliphatic heterocycles. The molecule has 0 radical (unpaired) electrons. The monoisotopic (exact) mass is 914 g/mol. The van der Waals surface area contributed by atoms with Crippen molar-refractivity contribution in [3.63, 3.8) is 0 Å². The molecule has 0 aromatic carbocycles. The van der Waals surface area contributed by atoms with Crippen molar-refractivity contribution in [3.8, 4) is 19.6 Å². The molecule has 338 valence electrons. The maximum absolute atomic E-state index is 15.5. The summed E-state index contributed by atoms with van der Waals surface area (Å²) in [5.74, 6) is 0.668. The van der Waals surface area contributed by atoms with Crippen LogP contribution in [0.25, 0.3) is 31.0 Å². The maximum atomic E-state index is 15.5. The Morgan fingerprint density at radius 3 is 1.37 bits per heavy atom. The van der Waals surface area contributed by atoms with E-state index in [0.29, 0.717) is 36.1 Å². The molecule has 0 saturated carbocycles. The van der Waals surface area contributed by atoms with Gasteiger partial charge in [0.25, 0.3) is 11.8 Å². The van der Waals surface area contributed by atoms with Crippen LogP contribution in [-0.2, 0) is 9.59 Å². The minimum absolute atomic E-state index is 0.0308. The molecule has 0 spiro atoms. The SMILES string of the molecule is CCCCCCCCC(CCCCCC)CN1C(=O)C2=C(c3ncc(-c4cccs4)s3)N(CC(CCCCCC)CCCCCCCC)C(=O)C2=C1c1cnc(-c2cccs2)s1. The lowest BCUT2D eigenvalue weighted by atomic mass is 9.93. The summed E-state index contributed by atoms with van der Waals surface area (Å²) in [4.78, 5) is 49.3. The molecule has 4 aromatic rings. The van der Waals surface area contributed by atoms with E-state index in [1.165, 1.54) is 128 Å². The predicted octanol–water partition coefficient (Wildman–Crippen LogP) is 16.5. The lowest BCUT2D eigenvalue weighted by molar-refractivity contribution is -0.124. The van der Waals surface area contributed by atoms with Gasteiger partial charge in [0.05, 0.1) is 37.2 Å². The standard InChI is InChI=1S/C52H74N4O2S4/c1-5-9-13-17-19-23-29-39(27-21-15-11-7-3)37-55-47(44-36-53-49(62-44)42-32-26-34-60-42)45-46(52(55)58)48(50-54-35-43(61-50)41-31-25-33-59-41)56(51(45)57)38-40(28-22-16-12-8-4)30-24-20-18-14-10-6-2/h25-26,31-36,39-40H,5-24,27-30,37-38H2,1-4H3. The summed E-state index contributed by atoms with van der Waals surface area (Å²) in [5, 5.41) is 5.90. The molecule has 0 aliphatic carbocycles. The number of thiazole rings is 2. The highest BCUT2D eigenvalue weighted by Crippen LogP contribution is 2.50. The summed E-state index contributed by atoms with van der Waals surface area (Å²) in [6.45, 7) is 10.3. The fourth-order valence-corrected chi connectivity index (χ4v) is 12.9. The van der Waals surface area contributed by atoms with Crippen LogP contribution >= 0.6 is 45.3 Å². The van der Waals surface area contributed by atoms with Gasteiger partial charge in [0.1, 0.15) is 10.0 Å². The maximum Gasteiger partial charge on any atom is 0.261 e. The van der Waals surface area contributed by atoms with E-state index in [9.17, 15) is 0 Å². The first kappa shape index (κ1) is 48.5. The third kappa shape index (κ3) is 13.1. The third-order valence-corrected chi connectivity index (χ3v) is 17.0. The van der Waals surface area contributed by atoms with Gasteiger partial charge in [-0.2, -0.15) is 0 Å². The highest BCUT2D eigenvalue weighted by Gasteiger charge is 2.50. The van der Waals surface area contributed by atoms with E-state index in [-0.39, 0.29) is 11.8 Å². The second-order valence-corrected chi connectivity index (χ2v) is 21.8. The summed E-state index contributed by atoms with van der Waals surface area (Å²) in [5.41, 5.74) is 2.66. The molecule has 2 atom stereocenters. The average molecular weight is 915 g/mol. The van der Waals surface area contributed by atoms with Crippen molar-refractivity contribution in [2.45, 2.75) is 182 Å². The van der Waals surface area contributed by atoms with Gasteiger partial charge < -0.3 is 9.80 Å². The Bertz CT molecular complexity index is 1850. The van der Waals surface area contributed by atoms with Crippen molar-refractivity contribution in [1.82, 2.24) is 19.8 Å². The largest absolute Gasteiger partial charge is 0.306 e. The van der Waals surface area contributed by atoms with Gasteiger partial charge in [-0.1, -0.05) is 168 Å². The number of hydrogen-bond donors (Lipinski definition) is 0. The third-order valence-electron chi connectivity index (χ3n) is 12.9. The second kappa shape index (κ2) is 26.1. The van der Waals surface area contributed by atoms with Crippen LogP contribution in [0.15, 0.2) is 58.6 Å². The Kier molecular flexibility index (Phi) is 20.5. The first-order valence-electron chi connectivity index (χ1n) is 24.6. The number of rotatable bonds is 32. The zero-order chi connectivity index (χ0) is 43.5. The van der Waals surface area contributed by atoms with Gasteiger partial charge in [-0.3, -0.25) is 9.59 Å². The van der Waals surface area contributed by atoms with Gasteiger partial charge in [-0.15, -0.1) is 45.3 Å². The highest BCUT2D eigenvalue weighted by atomic mass is 32.1. The van der Waals surface area contributed by atoms with E-state index in [4.69, 9.17) is 9.97 Å². The van der Waals surface area contributed by atoms with Crippen molar-refractivity contribution < 1.29 is 9.59 Å². The molecule has 2 aliphatic rings. The van der Waals surface area contributed by atoms with E-state index in [2.05, 4.69) is 62.7 Å². The van der Waals surface area contributed by atoms with Gasteiger partial charge in [-0.25, -0.2) is 9.97 Å². The Hall–Kier alpha value is -2.92. The number of amides is 2. The number of fused-ring (bicyclic) bond motifs is 1. The summed E-state index contributed by atoms with van der Waals surface area (Å²) in [6, 6.07) is 8.38. The molecule has 6 rings (SSSR count). The van der Waals surface area contributed by atoms with Gasteiger partial charge >= 0.3 is 0 Å². The topological polar surface area (TPSA) is 66.4 Å². The van der Waals surface area contributed by atoms with E-state index >= 15 is 9.59 Å². The molecule has 2 unspecified atom stereocenters. The van der Waals surface area contributed by atoms with Crippen LogP contribution in [0, 0.1) is 11.8 Å². The number of aromatic nitrogens is 2. The van der Waals surface area contributed by atoms with Crippen LogP contribution in [0.3, 0.4) is 0 Å². The van der Waals surface area contributed by atoms with Crippen molar-refractivity contribution in [2.24, 2.45) is 11.8 Å². The van der Waals surface area contributed by atoms with Crippen molar-refractivity contribution in [2.75, 3.05) is 13.1 Å². The number of carbonyl (C=O) groups excluding carboxylic acids is 2. The lowest BCUT2D eigenvalue weighted by Crippen LogP contribution is -2.34. The molecule has 6 nitrogen and oxygen atoms in total. The molecule has 0 N–H and O–H groups in total. The smallest absolute Gasteiger partial charge is 0.261 e. The zero-order valence-corrected chi connectivity index (χ0v) is 41.7. The van der Waals surface area contributed by atoms with Crippen LogP contribution < -0.4 is 0 Å². The molecular weight excluding hydrogens is 841 g/mol. The molecule has 10 heteroatoms. The minimum Gasteiger partial charge on any atom is -0.306 e. The van der Waals surface area contributed by atoms with E-state index in [1.807, 2.05) is 22.2 Å². The Labute approximate surface area is 390 Å². The number of hydrogen-bond acceptors (Lipinski definition) is 8. The fraction of sp³-hybridized carbons (Fsp3) is 0.615. The Morgan fingerprint density at radius 2 is 0.871 bits per heavy atom. The first-order valence-corrected chi connectivity index (χ1v) is 28.0. The fourth-order valence-electron chi connectivity index (χ4n) is 9.35. The van der Waals surface area contributed by atoms with Crippen LogP contribution in [0.4, 0.5) is 0 Å². The number of thiophene rings is 2. The lowest BCUT2D eigenvalue weighted by Gasteiger charge is -2.29. The molecule has 0 saturated heterocycles. The first-order chi connectivity index (χ1) is 30.5. The van der Waals surface area contributed by atoms with Crippen LogP contribution in [-0.4, -0.2) is 44.7 Å². The van der Waals surface area contributed by atoms with Crippen molar-refractivity contribution >= 4 is 68.6 Å². The Morgan fingerprint density at radius 1 is 0.468 bits per heavy atom. The molecule has 0 fully saturated rings. The van der Waals surface area contributed by atoms with E-state index in [0.717, 1.165) is 66.6 Å². The van der Waals surface area contributed by atoms with E-state index in [1.54, 1.807) is 45.3 Å². The molecule has 62 heavy (non-hydrogen) atoms. The zero-order valence-electron chi connectivity index (χ0n) is 38.4. The van der Waals surface area contributed by atoms with Crippen LogP contribution in [0.2, 0.25) is 0 Å². The molecule has 0 bridgehead atoms. The van der Waals surface area contributed by atoms with Gasteiger partial charge in [0, 0.05) is 30.4 Å². The average Bonchev–Trinajstić information content (AvgIpc) is 4.15. The number of carbonyl (C=O) groups is 2. The van der Waals surface area contributed by atoms with Crippen LogP contribution in [0.5, 0.6) is 0 Å². The van der Waals surface area contributed by atoms with Crippen molar-refractivity contribution in [3.05, 3.63) is 68.5 Å². The van der Waals surface area contributed by atoms with Crippen LogP contribution in [0.1, 0.15) is 192 Å². The van der Waals surface area contributed by atoms with Gasteiger partial charge in [0.2, 0.25) is 0 Å². The molecule has 6 heterocycles. The van der Waals surface area contributed by atoms with Gasteiger partial charge in [-0.05, 0) is 60.4 Å². The second-order valence-electron chi connectivity index (χ2n) is 17.8. The normalized spacial score (nSPS) is 15.2. The Balaban J connectivity index is 1.40. The quantitative estimate of drug-likeness (QED) is 0.0458. The summed E-state index contributed by atoms with van der Waals surface area (Å²) < 4.78 is 0. The van der Waals surface area contributed by atoms with E-state index < -0.39 is 0 Å². The number of unbranched alkanes of at least 4 members (excludes halogenated alkanes) is 16. The highest BCUT2D eigenvalue weighted by molar-refractivity contribution is 7.22. The summed E-state index contributed by atoms with van der Waals surface area (Å²) >= 11 is 6.62. The molecule has 2 amide bonds. The minimum atomic E-state index is -0.0308. The van der Waals surface area contributed by atoms with Crippen molar-refractivity contribution in [1.29, 1.82) is 0 Å². The summed E-state index contributed by atoms with van der Waals surface area (Å²) in [7, 11) is 0. The summed E-state index contributed by atoms with van der Waals surface area (Å²) in [6.07, 6.45) is 33.1. The predicted molar refractivity (Wildman–Crippen MR) is 269 cm³/mol. The number of nitrogens with zero attached hydrogens (tertiary/aromatic N) is 4.